The van der Waals surface area contributed by atoms with Crippen LogP contribution >= 0.6 is 0 Å². The number of hydrogen-bond acceptors (Lipinski definition) is 2. The maximum atomic E-state index is 10.6. The lowest BCUT2D eigenvalue weighted by molar-refractivity contribution is -0.119. The minimum atomic E-state index is 0.763. The van der Waals surface area contributed by atoms with Crippen LogP contribution in [0.4, 0.5) is 0 Å². The SMILES string of the molecule is [CH2]c1ccc(C#CCN2CCN(C=O)CC2)cc1. The molecule has 0 saturated carbocycles. The smallest absolute Gasteiger partial charge is 0.209 e. The van der Waals surface area contributed by atoms with E-state index in [1.165, 1.54) is 0 Å². The molecule has 1 radical (unpaired) electrons. The number of nitrogens with zero attached hydrogens (tertiary/aromatic N) is 2. The average molecular weight is 241 g/mol. The van der Waals surface area contributed by atoms with Gasteiger partial charge in [0.05, 0.1) is 6.54 Å². The average Bonchev–Trinajstić information content (AvgIpc) is 2.42. The van der Waals surface area contributed by atoms with Crippen LogP contribution in [0.2, 0.25) is 0 Å². The zero-order valence-electron chi connectivity index (χ0n) is 10.4. The summed E-state index contributed by atoms with van der Waals surface area (Å²) in [6.07, 6.45) is 0.920. The molecule has 1 aliphatic rings. The fraction of sp³-hybridized carbons (Fsp3) is 0.333. The van der Waals surface area contributed by atoms with Gasteiger partial charge in [-0.25, -0.2) is 0 Å². The Morgan fingerprint density at radius 1 is 1.17 bits per heavy atom. The molecule has 1 saturated heterocycles. The Morgan fingerprint density at radius 2 is 1.83 bits per heavy atom. The van der Waals surface area contributed by atoms with Crippen LogP contribution in [0.25, 0.3) is 0 Å². The van der Waals surface area contributed by atoms with E-state index in [0.717, 1.165) is 50.3 Å². The van der Waals surface area contributed by atoms with Crippen molar-refractivity contribution in [3.05, 3.63) is 42.3 Å². The highest BCUT2D eigenvalue weighted by Gasteiger charge is 2.13. The molecule has 0 unspecified atom stereocenters. The number of carbonyl (C=O) groups excluding carboxylic acids is 1. The van der Waals surface area contributed by atoms with Crippen LogP contribution in [0.1, 0.15) is 11.1 Å². The molecule has 1 aromatic carbocycles. The molecule has 0 spiro atoms. The van der Waals surface area contributed by atoms with Gasteiger partial charge in [0.2, 0.25) is 6.41 Å². The zero-order valence-corrected chi connectivity index (χ0v) is 10.4. The highest BCUT2D eigenvalue weighted by Crippen LogP contribution is 2.01. The summed E-state index contributed by atoms with van der Waals surface area (Å²) in [7, 11) is 0. The number of piperazine rings is 1. The normalized spacial score (nSPS) is 15.9. The van der Waals surface area contributed by atoms with Crippen molar-refractivity contribution in [1.29, 1.82) is 0 Å². The minimum Gasteiger partial charge on any atom is -0.343 e. The molecular weight excluding hydrogens is 224 g/mol. The van der Waals surface area contributed by atoms with E-state index in [1.807, 2.05) is 24.3 Å². The third kappa shape index (κ3) is 3.61. The maximum Gasteiger partial charge on any atom is 0.209 e. The van der Waals surface area contributed by atoms with Crippen molar-refractivity contribution in [2.75, 3.05) is 32.7 Å². The second-order valence-corrected chi connectivity index (χ2v) is 4.42. The Morgan fingerprint density at radius 3 is 2.44 bits per heavy atom. The summed E-state index contributed by atoms with van der Waals surface area (Å²) < 4.78 is 0. The van der Waals surface area contributed by atoms with Crippen molar-refractivity contribution >= 4 is 6.41 Å². The first-order chi connectivity index (χ1) is 8.78. The summed E-state index contributed by atoms with van der Waals surface area (Å²) >= 11 is 0. The van der Waals surface area contributed by atoms with Gasteiger partial charge in [-0.05, 0) is 24.6 Å². The Kier molecular flexibility index (Phi) is 4.38. The summed E-state index contributed by atoms with van der Waals surface area (Å²) in [5.74, 6) is 6.31. The van der Waals surface area contributed by atoms with Crippen molar-refractivity contribution in [3.8, 4) is 11.8 Å². The molecule has 3 heteroatoms. The molecule has 1 aromatic rings. The Bertz CT molecular complexity index is 448. The summed E-state index contributed by atoms with van der Waals surface area (Å²) in [5, 5.41) is 0. The lowest BCUT2D eigenvalue weighted by atomic mass is 10.1. The zero-order chi connectivity index (χ0) is 12.8. The van der Waals surface area contributed by atoms with Gasteiger partial charge in [0.15, 0.2) is 0 Å². The highest BCUT2D eigenvalue weighted by molar-refractivity contribution is 5.47. The molecule has 1 heterocycles. The summed E-state index contributed by atoms with van der Waals surface area (Å²) in [6.45, 7) is 8.03. The second-order valence-electron chi connectivity index (χ2n) is 4.42. The summed E-state index contributed by atoms with van der Waals surface area (Å²) in [6, 6.07) is 7.90. The van der Waals surface area contributed by atoms with Crippen LogP contribution < -0.4 is 0 Å². The van der Waals surface area contributed by atoms with E-state index < -0.39 is 0 Å². The number of hydrogen-bond donors (Lipinski definition) is 0. The van der Waals surface area contributed by atoms with Crippen molar-refractivity contribution in [2.24, 2.45) is 0 Å². The number of carbonyl (C=O) groups is 1. The largest absolute Gasteiger partial charge is 0.343 e. The van der Waals surface area contributed by atoms with Gasteiger partial charge in [0.25, 0.3) is 0 Å². The first kappa shape index (κ1) is 12.7. The molecule has 0 atom stereocenters. The highest BCUT2D eigenvalue weighted by atomic mass is 16.1. The molecular formula is C15H17N2O. The second kappa shape index (κ2) is 6.23. The van der Waals surface area contributed by atoms with E-state index in [-0.39, 0.29) is 0 Å². The third-order valence-electron chi connectivity index (χ3n) is 3.05. The number of amides is 1. The van der Waals surface area contributed by atoms with Gasteiger partial charge in [-0.3, -0.25) is 9.69 Å². The van der Waals surface area contributed by atoms with Crippen molar-refractivity contribution in [3.63, 3.8) is 0 Å². The van der Waals surface area contributed by atoms with Crippen molar-refractivity contribution in [1.82, 2.24) is 9.80 Å². The van der Waals surface area contributed by atoms with E-state index in [0.29, 0.717) is 0 Å². The van der Waals surface area contributed by atoms with Gasteiger partial charge in [0, 0.05) is 31.7 Å². The molecule has 2 rings (SSSR count). The molecule has 18 heavy (non-hydrogen) atoms. The van der Waals surface area contributed by atoms with Crippen LogP contribution in [0.15, 0.2) is 24.3 Å². The van der Waals surface area contributed by atoms with Crippen molar-refractivity contribution in [2.45, 2.75) is 0 Å². The van der Waals surface area contributed by atoms with Gasteiger partial charge in [-0.1, -0.05) is 24.0 Å². The Labute approximate surface area is 108 Å². The lowest BCUT2D eigenvalue weighted by Gasteiger charge is -2.31. The van der Waals surface area contributed by atoms with E-state index in [9.17, 15) is 4.79 Å². The van der Waals surface area contributed by atoms with E-state index in [2.05, 4.69) is 23.7 Å². The van der Waals surface area contributed by atoms with E-state index in [4.69, 9.17) is 0 Å². The van der Waals surface area contributed by atoms with E-state index in [1.54, 1.807) is 4.90 Å². The van der Waals surface area contributed by atoms with Crippen LogP contribution in [-0.2, 0) is 4.79 Å². The fourth-order valence-corrected chi connectivity index (χ4v) is 1.87. The first-order valence-corrected chi connectivity index (χ1v) is 6.10. The first-order valence-electron chi connectivity index (χ1n) is 6.10. The van der Waals surface area contributed by atoms with Gasteiger partial charge in [0.1, 0.15) is 0 Å². The Hall–Kier alpha value is -1.79. The third-order valence-corrected chi connectivity index (χ3v) is 3.05. The predicted octanol–water partition coefficient (Wildman–Crippen LogP) is 0.994. The van der Waals surface area contributed by atoms with Crippen LogP contribution in [-0.4, -0.2) is 48.9 Å². The molecule has 1 fully saturated rings. The van der Waals surface area contributed by atoms with Gasteiger partial charge in [-0.2, -0.15) is 0 Å². The quantitative estimate of drug-likeness (QED) is 0.569. The Balaban J connectivity index is 1.82. The number of rotatable bonds is 2. The summed E-state index contributed by atoms with van der Waals surface area (Å²) in [5.41, 5.74) is 2.03. The molecule has 0 aliphatic carbocycles. The van der Waals surface area contributed by atoms with Gasteiger partial charge < -0.3 is 4.90 Å². The molecule has 1 amide bonds. The molecule has 0 N–H and O–H groups in total. The fourth-order valence-electron chi connectivity index (χ4n) is 1.87. The van der Waals surface area contributed by atoms with Gasteiger partial charge in [-0.15, -0.1) is 0 Å². The minimum absolute atomic E-state index is 0.763. The number of benzene rings is 1. The monoisotopic (exact) mass is 241 g/mol. The molecule has 0 bridgehead atoms. The van der Waals surface area contributed by atoms with Gasteiger partial charge >= 0.3 is 0 Å². The molecule has 93 valence electrons. The van der Waals surface area contributed by atoms with Crippen LogP contribution in [0, 0.1) is 18.8 Å². The molecule has 3 nitrogen and oxygen atoms in total. The molecule has 1 aliphatic heterocycles. The van der Waals surface area contributed by atoms with E-state index >= 15 is 0 Å². The molecule has 0 aromatic heterocycles. The summed E-state index contributed by atoms with van der Waals surface area (Å²) in [4.78, 5) is 14.6. The van der Waals surface area contributed by atoms with Crippen LogP contribution in [0.5, 0.6) is 0 Å². The maximum absolute atomic E-state index is 10.6. The predicted molar refractivity (Wildman–Crippen MR) is 71.9 cm³/mol. The lowest BCUT2D eigenvalue weighted by Crippen LogP contribution is -2.45. The van der Waals surface area contributed by atoms with Crippen molar-refractivity contribution < 1.29 is 4.79 Å². The standard InChI is InChI=1S/C15H17N2O/c1-14-4-6-15(7-5-14)3-2-8-16-9-11-17(13-18)12-10-16/h4-7,13H,1,8-12H2. The topological polar surface area (TPSA) is 23.6 Å². The van der Waals surface area contributed by atoms with Crippen LogP contribution in [0.3, 0.4) is 0 Å².